The summed E-state index contributed by atoms with van der Waals surface area (Å²) in [5.41, 5.74) is 2.48. The summed E-state index contributed by atoms with van der Waals surface area (Å²) in [4.78, 5) is 9.06. The second-order valence-corrected chi connectivity index (χ2v) is 10.5. The third-order valence-electron chi connectivity index (χ3n) is 7.18. The molecule has 0 aliphatic carbocycles. The fraction of sp³-hybridized carbons (Fsp3) is 0.697. The van der Waals surface area contributed by atoms with Crippen molar-refractivity contribution in [3.8, 4) is 17.1 Å². The molecular weight excluding hydrogens is 440 g/mol. The van der Waals surface area contributed by atoms with Crippen molar-refractivity contribution in [3.05, 3.63) is 42.2 Å². The van der Waals surface area contributed by atoms with Gasteiger partial charge in [0.15, 0.2) is 11.6 Å². The average Bonchev–Trinajstić information content (AvgIpc) is 2.91. The van der Waals surface area contributed by atoms with Crippen LogP contribution in [0.25, 0.3) is 11.4 Å². The van der Waals surface area contributed by atoms with E-state index in [-0.39, 0.29) is 0 Å². The molecule has 2 rings (SSSR count). The molecule has 1 aromatic heterocycles. The topological polar surface area (TPSA) is 35.0 Å². The van der Waals surface area contributed by atoms with Gasteiger partial charge >= 0.3 is 0 Å². The first-order valence-electron chi connectivity index (χ1n) is 15.4. The van der Waals surface area contributed by atoms with Crippen molar-refractivity contribution in [3.63, 3.8) is 0 Å². The number of benzene rings is 1. The van der Waals surface area contributed by atoms with E-state index in [0.717, 1.165) is 30.2 Å². The summed E-state index contributed by atoms with van der Waals surface area (Å²) < 4.78 is 5.87. The Morgan fingerprint density at radius 3 is 1.47 bits per heavy atom. The number of hydrogen-bond acceptors (Lipinski definition) is 3. The van der Waals surface area contributed by atoms with Gasteiger partial charge in [0.2, 0.25) is 0 Å². The second-order valence-electron chi connectivity index (χ2n) is 10.5. The number of unbranched alkanes of at least 4 members (excludes halogenated alkanes) is 17. The standard InChI is InChI=1S/C33H54N2O/c1-3-5-7-9-11-12-13-14-15-16-17-19-21-27-36-32-28-34-33(35-29-32)31-25-23-30(24-26-31)22-20-18-10-8-6-4-2/h23-26,28-29H,3-22,27H2,1-2H3. The molecule has 3 heteroatoms. The van der Waals surface area contributed by atoms with E-state index in [1.165, 1.54) is 128 Å². The van der Waals surface area contributed by atoms with Gasteiger partial charge in [0.1, 0.15) is 0 Å². The molecule has 0 N–H and O–H groups in total. The summed E-state index contributed by atoms with van der Waals surface area (Å²) >= 11 is 0. The van der Waals surface area contributed by atoms with Crippen molar-refractivity contribution < 1.29 is 4.74 Å². The predicted octanol–water partition coefficient (Wildman–Crippen LogP) is 10.5. The van der Waals surface area contributed by atoms with Crippen LogP contribution in [-0.2, 0) is 6.42 Å². The van der Waals surface area contributed by atoms with Crippen LogP contribution in [0.15, 0.2) is 36.7 Å². The van der Waals surface area contributed by atoms with E-state index >= 15 is 0 Å². The lowest BCUT2D eigenvalue weighted by molar-refractivity contribution is 0.302. The molecule has 2 aromatic rings. The van der Waals surface area contributed by atoms with E-state index in [9.17, 15) is 0 Å². The zero-order valence-corrected chi connectivity index (χ0v) is 23.6. The predicted molar refractivity (Wildman–Crippen MR) is 156 cm³/mol. The highest BCUT2D eigenvalue weighted by atomic mass is 16.5. The van der Waals surface area contributed by atoms with Crippen LogP contribution in [0, 0.1) is 0 Å². The maximum atomic E-state index is 5.87. The van der Waals surface area contributed by atoms with E-state index in [2.05, 4.69) is 48.1 Å². The molecule has 0 radical (unpaired) electrons. The first-order chi connectivity index (χ1) is 17.8. The smallest absolute Gasteiger partial charge is 0.159 e. The largest absolute Gasteiger partial charge is 0.490 e. The summed E-state index contributed by atoms with van der Waals surface area (Å²) in [6, 6.07) is 8.75. The molecule has 0 bridgehead atoms. The lowest BCUT2D eigenvalue weighted by atomic mass is 10.0. The van der Waals surface area contributed by atoms with Crippen LogP contribution in [0.4, 0.5) is 0 Å². The number of ether oxygens (including phenoxy) is 1. The van der Waals surface area contributed by atoms with Crippen molar-refractivity contribution in [2.75, 3.05) is 6.61 Å². The number of hydrogen-bond donors (Lipinski definition) is 0. The third-order valence-corrected chi connectivity index (χ3v) is 7.18. The minimum Gasteiger partial charge on any atom is -0.490 e. The van der Waals surface area contributed by atoms with E-state index in [0.29, 0.717) is 0 Å². The number of aromatic nitrogens is 2. The van der Waals surface area contributed by atoms with Crippen LogP contribution >= 0.6 is 0 Å². The molecule has 3 nitrogen and oxygen atoms in total. The van der Waals surface area contributed by atoms with Gasteiger partial charge in [0.05, 0.1) is 19.0 Å². The van der Waals surface area contributed by atoms with Crippen LogP contribution < -0.4 is 4.74 Å². The second kappa shape index (κ2) is 21.2. The Balaban J connectivity index is 1.49. The normalized spacial score (nSPS) is 11.2. The molecule has 1 aromatic carbocycles. The number of aryl methyl sites for hydroxylation is 1. The van der Waals surface area contributed by atoms with Crippen LogP contribution in [-0.4, -0.2) is 16.6 Å². The van der Waals surface area contributed by atoms with Gasteiger partial charge in [-0.3, -0.25) is 0 Å². The summed E-state index contributed by atoms with van der Waals surface area (Å²) in [7, 11) is 0. The Morgan fingerprint density at radius 1 is 0.528 bits per heavy atom. The van der Waals surface area contributed by atoms with Gasteiger partial charge in [-0.15, -0.1) is 0 Å². The SMILES string of the molecule is CCCCCCCCCCCCCCCOc1cnc(-c2ccc(CCCCCCCC)cc2)nc1. The van der Waals surface area contributed by atoms with Crippen LogP contribution in [0.2, 0.25) is 0 Å². The Hall–Kier alpha value is -1.90. The summed E-state index contributed by atoms with van der Waals surface area (Å²) in [6.45, 7) is 5.31. The first-order valence-corrected chi connectivity index (χ1v) is 15.4. The lowest BCUT2D eigenvalue weighted by Crippen LogP contribution is -1.99. The molecular formula is C33H54N2O. The molecule has 0 atom stereocenters. The molecule has 36 heavy (non-hydrogen) atoms. The molecule has 0 aliphatic rings. The van der Waals surface area contributed by atoms with Gasteiger partial charge in [-0.05, 0) is 24.8 Å². The van der Waals surface area contributed by atoms with Gasteiger partial charge in [-0.2, -0.15) is 0 Å². The van der Waals surface area contributed by atoms with Crippen molar-refractivity contribution in [1.82, 2.24) is 9.97 Å². The van der Waals surface area contributed by atoms with Crippen molar-refractivity contribution in [2.45, 2.75) is 142 Å². The molecule has 0 fully saturated rings. The van der Waals surface area contributed by atoms with Gasteiger partial charge in [0.25, 0.3) is 0 Å². The fourth-order valence-corrected chi connectivity index (χ4v) is 4.78. The van der Waals surface area contributed by atoms with Gasteiger partial charge in [0, 0.05) is 5.56 Å². The minimum absolute atomic E-state index is 0.758. The number of rotatable bonds is 23. The molecule has 0 saturated carbocycles. The summed E-state index contributed by atoms with van der Waals surface area (Å²) in [5, 5.41) is 0. The molecule has 0 aliphatic heterocycles. The van der Waals surface area contributed by atoms with E-state index in [4.69, 9.17) is 4.74 Å². The summed E-state index contributed by atoms with van der Waals surface area (Å²) in [6.07, 6.45) is 30.6. The maximum absolute atomic E-state index is 5.87. The molecule has 0 spiro atoms. The van der Waals surface area contributed by atoms with Crippen LogP contribution in [0.5, 0.6) is 5.75 Å². The third kappa shape index (κ3) is 14.6. The Kier molecular flexibility index (Phi) is 17.9. The monoisotopic (exact) mass is 494 g/mol. The Labute approximate surface area is 222 Å². The highest BCUT2D eigenvalue weighted by Gasteiger charge is 2.03. The van der Waals surface area contributed by atoms with Crippen molar-refractivity contribution >= 4 is 0 Å². The van der Waals surface area contributed by atoms with E-state index < -0.39 is 0 Å². The maximum Gasteiger partial charge on any atom is 0.159 e. The molecule has 202 valence electrons. The molecule has 0 unspecified atom stereocenters. The molecule has 1 heterocycles. The van der Waals surface area contributed by atoms with Gasteiger partial charge < -0.3 is 4.74 Å². The average molecular weight is 495 g/mol. The molecule has 0 amide bonds. The zero-order valence-electron chi connectivity index (χ0n) is 23.6. The van der Waals surface area contributed by atoms with E-state index in [1.807, 2.05) is 12.4 Å². The fourth-order valence-electron chi connectivity index (χ4n) is 4.78. The summed E-state index contributed by atoms with van der Waals surface area (Å²) in [5.74, 6) is 1.55. The van der Waals surface area contributed by atoms with E-state index in [1.54, 1.807) is 0 Å². The van der Waals surface area contributed by atoms with Crippen molar-refractivity contribution in [1.29, 1.82) is 0 Å². The quantitative estimate of drug-likeness (QED) is 0.144. The van der Waals surface area contributed by atoms with Gasteiger partial charge in [-0.25, -0.2) is 9.97 Å². The van der Waals surface area contributed by atoms with Crippen molar-refractivity contribution in [2.24, 2.45) is 0 Å². The van der Waals surface area contributed by atoms with Crippen LogP contribution in [0.1, 0.15) is 141 Å². The minimum atomic E-state index is 0.758. The van der Waals surface area contributed by atoms with Crippen LogP contribution in [0.3, 0.4) is 0 Å². The highest BCUT2D eigenvalue weighted by molar-refractivity contribution is 5.55. The Bertz CT molecular complexity index is 741. The van der Waals surface area contributed by atoms with Gasteiger partial charge in [-0.1, -0.05) is 147 Å². The lowest BCUT2D eigenvalue weighted by Gasteiger charge is -2.07. The Morgan fingerprint density at radius 2 is 0.972 bits per heavy atom. The molecule has 0 saturated heterocycles. The highest BCUT2D eigenvalue weighted by Crippen LogP contribution is 2.19. The first kappa shape index (κ1) is 30.3. The number of nitrogens with zero attached hydrogens (tertiary/aromatic N) is 2. The zero-order chi connectivity index (χ0) is 25.5.